The van der Waals surface area contributed by atoms with Crippen LogP contribution in [0.15, 0.2) is 40.1 Å². The van der Waals surface area contributed by atoms with E-state index in [4.69, 9.17) is 16.3 Å². The number of aromatic amines is 1. The molecule has 0 spiro atoms. The standard InChI is InChI=1S/C23H24ClN5O3S/c1-32-16-7-3-2-6-15(16)14-8-11-28(13-14)9-4-5-10-29-22(30)20-18(27-23(29)31)19-21(33-20)25-12-17(24)26-19/h2-3,6-7,12,14H,4-5,8-11,13H2,1H3,(H,27,31)/t14-/m0/s1. The van der Waals surface area contributed by atoms with Gasteiger partial charge in [-0.25, -0.2) is 14.8 Å². The summed E-state index contributed by atoms with van der Waals surface area (Å²) in [6.07, 6.45) is 4.20. The van der Waals surface area contributed by atoms with Crippen LogP contribution in [0.1, 0.15) is 30.7 Å². The van der Waals surface area contributed by atoms with Crippen molar-refractivity contribution in [3.05, 3.63) is 62.0 Å². The van der Waals surface area contributed by atoms with E-state index in [1.54, 1.807) is 7.11 Å². The largest absolute Gasteiger partial charge is 0.496 e. The van der Waals surface area contributed by atoms with E-state index in [1.807, 2.05) is 12.1 Å². The molecule has 0 bridgehead atoms. The lowest BCUT2D eigenvalue weighted by atomic mass is 9.97. The van der Waals surface area contributed by atoms with Crippen molar-refractivity contribution in [3.8, 4) is 5.75 Å². The van der Waals surface area contributed by atoms with Crippen LogP contribution in [0.25, 0.3) is 20.6 Å². The molecule has 1 aliphatic rings. The zero-order chi connectivity index (χ0) is 22.9. The Hall–Kier alpha value is -2.75. The number of halogens is 1. The Bertz CT molecular complexity index is 1430. The summed E-state index contributed by atoms with van der Waals surface area (Å²) in [5.74, 6) is 1.42. The number of fused-ring (bicyclic) bond motifs is 3. The molecule has 0 radical (unpaired) electrons. The molecule has 0 unspecified atom stereocenters. The fourth-order valence-corrected chi connectivity index (χ4v) is 5.73. The van der Waals surface area contributed by atoms with Crippen molar-refractivity contribution >= 4 is 43.5 Å². The van der Waals surface area contributed by atoms with Crippen LogP contribution in [-0.4, -0.2) is 51.2 Å². The lowest BCUT2D eigenvalue weighted by Crippen LogP contribution is -2.34. The van der Waals surface area contributed by atoms with Crippen molar-refractivity contribution in [2.75, 3.05) is 26.7 Å². The van der Waals surface area contributed by atoms with Crippen LogP contribution in [0.4, 0.5) is 0 Å². The third-order valence-electron chi connectivity index (χ3n) is 6.25. The fourth-order valence-electron chi connectivity index (χ4n) is 4.61. The summed E-state index contributed by atoms with van der Waals surface area (Å²) < 4.78 is 7.25. The Labute approximate surface area is 198 Å². The Morgan fingerprint density at radius 3 is 2.91 bits per heavy atom. The van der Waals surface area contributed by atoms with Gasteiger partial charge in [0, 0.05) is 19.0 Å². The molecule has 1 fully saturated rings. The molecule has 0 aliphatic carbocycles. The Kier molecular flexibility index (Phi) is 6.18. The van der Waals surface area contributed by atoms with Crippen LogP contribution < -0.4 is 16.0 Å². The lowest BCUT2D eigenvalue weighted by Gasteiger charge is -2.17. The quantitative estimate of drug-likeness (QED) is 0.402. The molecule has 33 heavy (non-hydrogen) atoms. The molecular formula is C23H24ClN5O3S. The van der Waals surface area contributed by atoms with E-state index in [1.165, 1.54) is 27.7 Å². The molecule has 1 aromatic carbocycles. The van der Waals surface area contributed by atoms with Gasteiger partial charge in [0.2, 0.25) is 0 Å². The molecular weight excluding hydrogens is 462 g/mol. The third kappa shape index (κ3) is 4.28. The Morgan fingerprint density at radius 2 is 2.06 bits per heavy atom. The lowest BCUT2D eigenvalue weighted by molar-refractivity contribution is 0.320. The number of rotatable bonds is 7. The van der Waals surface area contributed by atoms with Gasteiger partial charge in [-0.05, 0) is 44.0 Å². The molecule has 5 rings (SSSR count). The van der Waals surface area contributed by atoms with Crippen LogP contribution in [0.3, 0.4) is 0 Å². The zero-order valence-electron chi connectivity index (χ0n) is 18.2. The molecule has 0 amide bonds. The predicted octanol–water partition coefficient (Wildman–Crippen LogP) is 3.63. The highest BCUT2D eigenvalue weighted by atomic mass is 35.5. The number of nitrogens with one attached hydrogen (secondary N) is 1. The van der Waals surface area contributed by atoms with Gasteiger partial charge in [-0.1, -0.05) is 29.8 Å². The number of thiophene rings is 1. The van der Waals surface area contributed by atoms with E-state index in [0.29, 0.717) is 33.0 Å². The minimum Gasteiger partial charge on any atom is -0.496 e. The number of H-pyrrole nitrogens is 1. The van der Waals surface area contributed by atoms with Gasteiger partial charge in [-0.15, -0.1) is 11.3 Å². The van der Waals surface area contributed by atoms with Crippen molar-refractivity contribution in [1.82, 2.24) is 24.4 Å². The maximum atomic E-state index is 13.0. The highest BCUT2D eigenvalue weighted by Crippen LogP contribution is 2.33. The van der Waals surface area contributed by atoms with E-state index in [0.717, 1.165) is 44.6 Å². The number of methoxy groups -OCH3 is 1. The second-order valence-corrected chi connectivity index (χ2v) is 9.66. The van der Waals surface area contributed by atoms with Crippen LogP contribution in [0.5, 0.6) is 5.75 Å². The molecule has 1 N–H and O–H groups in total. The van der Waals surface area contributed by atoms with Crippen molar-refractivity contribution in [1.29, 1.82) is 0 Å². The molecule has 4 aromatic rings. The van der Waals surface area contributed by atoms with Crippen molar-refractivity contribution in [2.24, 2.45) is 0 Å². The minimum atomic E-state index is -0.425. The number of nitrogens with zero attached hydrogens (tertiary/aromatic N) is 4. The summed E-state index contributed by atoms with van der Waals surface area (Å²) in [5, 5.41) is 0.224. The van der Waals surface area contributed by atoms with E-state index in [2.05, 4.69) is 32.0 Å². The van der Waals surface area contributed by atoms with Crippen LogP contribution in [-0.2, 0) is 6.54 Å². The fraction of sp³-hybridized carbons (Fsp3) is 0.391. The number of ether oxygens (including phenoxy) is 1. The van der Waals surface area contributed by atoms with Gasteiger partial charge < -0.3 is 14.6 Å². The zero-order valence-corrected chi connectivity index (χ0v) is 19.8. The number of para-hydroxylation sites is 1. The highest BCUT2D eigenvalue weighted by molar-refractivity contribution is 7.25. The summed E-state index contributed by atoms with van der Waals surface area (Å²) in [6.45, 7) is 3.36. The van der Waals surface area contributed by atoms with Gasteiger partial charge in [0.15, 0.2) is 0 Å². The smallest absolute Gasteiger partial charge is 0.328 e. The van der Waals surface area contributed by atoms with Crippen LogP contribution in [0.2, 0.25) is 5.15 Å². The van der Waals surface area contributed by atoms with E-state index >= 15 is 0 Å². The molecule has 1 atom stereocenters. The normalized spacial score (nSPS) is 16.7. The highest BCUT2D eigenvalue weighted by Gasteiger charge is 2.25. The average molecular weight is 486 g/mol. The maximum absolute atomic E-state index is 13.0. The summed E-state index contributed by atoms with van der Waals surface area (Å²) in [7, 11) is 1.72. The summed E-state index contributed by atoms with van der Waals surface area (Å²) in [4.78, 5) is 39.8. The van der Waals surface area contributed by atoms with Crippen molar-refractivity contribution in [2.45, 2.75) is 31.7 Å². The Morgan fingerprint density at radius 1 is 1.24 bits per heavy atom. The minimum absolute atomic E-state index is 0.224. The first-order valence-electron chi connectivity index (χ1n) is 11.0. The number of hydrogen-bond donors (Lipinski definition) is 1. The van der Waals surface area contributed by atoms with Gasteiger partial charge in [0.1, 0.15) is 25.9 Å². The molecule has 8 nitrogen and oxygen atoms in total. The van der Waals surface area contributed by atoms with E-state index in [9.17, 15) is 9.59 Å². The number of aromatic nitrogens is 4. The van der Waals surface area contributed by atoms with Gasteiger partial charge in [-0.2, -0.15) is 0 Å². The average Bonchev–Trinajstić information content (AvgIpc) is 3.43. The molecule has 1 saturated heterocycles. The first-order chi connectivity index (χ1) is 16.0. The molecule has 172 valence electrons. The summed E-state index contributed by atoms with van der Waals surface area (Å²) >= 11 is 7.16. The monoisotopic (exact) mass is 485 g/mol. The van der Waals surface area contributed by atoms with Gasteiger partial charge in [0.25, 0.3) is 5.56 Å². The van der Waals surface area contributed by atoms with Crippen molar-refractivity contribution in [3.63, 3.8) is 0 Å². The predicted molar refractivity (Wildman–Crippen MR) is 131 cm³/mol. The molecule has 3 aromatic heterocycles. The first kappa shape index (κ1) is 22.1. The SMILES string of the molecule is COc1ccccc1[C@H]1CCN(CCCCn2c(=O)[nH]c3c(sc4ncc(Cl)nc43)c2=O)C1. The van der Waals surface area contributed by atoms with Crippen molar-refractivity contribution < 1.29 is 4.74 Å². The topological polar surface area (TPSA) is 93.1 Å². The Balaban J connectivity index is 1.23. The summed E-state index contributed by atoms with van der Waals surface area (Å²) in [5.41, 5.74) is 1.42. The number of hydrogen-bond acceptors (Lipinski definition) is 7. The second-order valence-electron chi connectivity index (χ2n) is 8.27. The number of unbranched alkanes of at least 4 members (excludes halogenated alkanes) is 1. The summed E-state index contributed by atoms with van der Waals surface area (Å²) in [6, 6.07) is 8.22. The van der Waals surface area contributed by atoms with Crippen LogP contribution >= 0.6 is 22.9 Å². The van der Waals surface area contributed by atoms with Gasteiger partial charge in [0.05, 0.1) is 18.8 Å². The van der Waals surface area contributed by atoms with Gasteiger partial charge >= 0.3 is 5.69 Å². The van der Waals surface area contributed by atoms with E-state index in [-0.39, 0.29) is 10.7 Å². The molecule has 4 heterocycles. The van der Waals surface area contributed by atoms with E-state index < -0.39 is 5.69 Å². The third-order valence-corrected chi connectivity index (χ3v) is 7.50. The second kappa shape index (κ2) is 9.24. The van der Waals surface area contributed by atoms with Gasteiger partial charge in [-0.3, -0.25) is 9.36 Å². The number of likely N-dealkylation sites (tertiary alicyclic amines) is 1. The van der Waals surface area contributed by atoms with Crippen LogP contribution in [0, 0.1) is 0 Å². The number of benzene rings is 1. The molecule has 10 heteroatoms. The molecule has 1 aliphatic heterocycles. The maximum Gasteiger partial charge on any atom is 0.328 e. The molecule has 0 saturated carbocycles. The first-order valence-corrected chi connectivity index (χ1v) is 12.2.